The first-order valence-electron chi connectivity index (χ1n) is 5.57. The van der Waals surface area contributed by atoms with E-state index < -0.39 is 0 Å². The van der Waals surface area contributed by atoms with Crippen molar-refractivity contribution in [2.75, 3.05) is 5.32 Å². The van der Waals surface area contributed by atoms with Gasteiger partial charge in [-0.3, -0.25) is 0 Å². The highest BCUT2D eigenvalue weighted by Crippen LogP contribution is 2.31. The Balaban J connectivity index is 2.12. The summed E-state index contributed by atoms with van der Waals surface area (Å²) in [4.78, 5) is 4.35. The van der Waals surface area contributed by atoms with Crippen LogP contribution in [0, 0.1) is 0 Å². The van der Waals surface area contributed by atoms with Gasteiger partial charge >= 0.3 is 0 Å². The molecule has 1 aromatic heterocycles. The van der Waals surface area contributed by atoms with Crippen LogP contribution < -0.4 is 5.32 Å². The van der Waals surface area contributed by atoms with Gasteiger partial charge in [-0.25, -0.2) is 4.98 Å². The molecule has 2 rings (SSSR count). The average Bonchev–Trinajstić information content (AvgIpc) is 2.70. The van der Waals surface area contributed by atoms with Crippen molar-refractivity contribution in [3.05, 3.63) is 12.4 Å². The van der Waals surface area contributed by atoms with Crippen molar-refractivity contribution in [3.63, 3.8) is 0 Å². The van der Waals surface area contributed by atoms with E-state index in [1.54, 1.807) is 0 Å². The molecule has 1 aliphatic rings. The Kier molecular flexibility index (Phi) is 2.75. The van der Waals surface area contributed by atoms with Gasteiger partial charge in [0, 0.05) is 24.5 Å². The molecule has 1 heterocycles. The van der Waals surface area contributed by atoms with Gasteiger partial charge in [0.05, 0.1) is 0 Å². The van der Waals surface area contributed by atoms with Crippen LogP contribution in [-0.4, -0.2) is 15.6 Å². The normalized spacial score (nSPS) is 17.9. The highest BCUT2D eigenvalue weighted by molar-refractivity contribution is 5.27. The van der Waals surface area contributed by atoms with E-state index in [4.69, 9.17) is 0 Å². The molecule has 14 heavy (non-hydrogen) atoms. The van der Waals surface area contributed by atoms with Crippen molar-refractivity contribution >= 4 is 5.95 Å². The average molecular weight is 193 g/mol. The summed E-state index contributed by atoms with van der Waals surface area (Å²) in [7, 11) is 0. The summed E-state index contributed by atoms with van der Waals surface area (Å²) < 4.78 is 2.30. The highest BCUT2D eigenvalue weighted by atomic mass is 15.2. The van der Waals surface area contributed by atoms with Crippen molar-refractivity contribution in [1.82, 2.24) is 9.55 Å². The quantitative estimate of drug-likeness (QED) is 0.800. The van der Waals surface area contributed by atoms with E-state index in [-0.39, 0.29) is 0 Å². The third kappa shape index (κ3) is 1.91. The van der Waals surface area contributed by atoms with Gasteiger partial charge in [0.15, 0.2) is 0 Å². The number of anilines is 1. The van der Waals surface area contributed by atoms with Gasteiger partial charge in [-0.2, -0.15) is 0 Å². The summed E-state index contributed by atoms with van der Waals surface area (Å²) in [5.74, 6) is 1.03. The molecule has 0 aromatic carbocycles. The van der Waals surface area contributed by atoms with Gasteiger partial charge in [0.1, 0.15) is 0 Å². The Hall–Kier alpha value is -0.990. The van der Waals surface area contributed by atoms with Gasteiger partial charge in [0.2, 0.25) is 5.95 Å². The second-order valence-electron chi connectivity index (χ2n) is 4.40. The van der Waals surface area contributed by atoms with Crippen LogP contribution >= 0.6 is 0 Å². The Bertz CT molecular complexity index is 284. The molecular formula is C11H19N3. The number of rotatable bonds is 3. The number of nitrogens with one attached hydrogen (secondary N) is 1. The molecule has 1 aliphatic carbocycles. The molecule has 0 amide bonds. The lowest BCUT2D eigenvalue weighted by Gasteiger charge is -2.17. The van der Waals surface area contributed by atoms with E-state index in [1.165, 1.54) is 25.7 Å². The van der Waals surface area contributed by atoms with E-state index >= 15 is 0 Å². The first-order valence-corrected chi connectivity index (χ1v) is 5.57. The molecule has 0 unspecified atom stereocenters. The molecule has 3 nitrogen and oxygen atoms in total. The van der Waals surface area contributed by atoms with Gasteiger partial charge in [0.25, 0.3) is 0 Å². The summed E-state index contributed by atoms with van der Waals surface area (Å²) >= 11 is 0. The zero-order chi connectivity index (χ0) is 9.97. The van der Waals surface area contributed by atoms with Crippen LogP contribution in [0.5, 0.6) is 0 Å². The van der Waals surface area contributed by atoms with Gasteiger partial charge in [-0.15, -0.1) is 0 Å². The molecular weight excluding hydrogens is 174 g/mol. The van der Waals surface area contributed by atoms with Crippen LogP contribution in [-0.2, 0) is 0 Å². The van der Waals surface area contributed by atoms with Crippen LogP contribution in [0.2, 0.25) is 0 Å². The summed E-state index contributed by atoms with van der Waals surface area (Å²) in [6, 6.07) is 1.14. The lowest BCUT2D eigenvalue weighted by Crippen LogP contribution is -2.16. The second-order valence-corrected chi connectivity index (χ2v) is 4.40. The summed E-state index contributed by atoms with van der Waals surface area (Å²) in [6.45, 7) is 4.29. The molecule has 1 aromatic rings. The molecule has 78 valence electrons. The monoisotopic (exact) mass is 193 g/mol. The van der Waals surface area contributed by atoms with Crippen molar-refractivity contribution in [2.24, 2.45) is 0 Å². The first kappa shape index (κ1) is 9.56. The van der Waals surface area contributed by atoms with Gasteiger partial charge < -0.3 is 9.88 Å². The van der Waals surface area contributed by atoms with Crippen LogP contribution in [0.3, 0.4) is 0 Å². The van der Waals surface area contributed by atoms with Crippen LogP contribution in [0.1, 0.15) is 45.6 Å². The number of hydrogen-bond donors (Lipinski definition) is 1. The molecule has 0 saturated heterocycles. The summed E-state index contributed by atoms with van der Waals surface area (Å²) in [6.07, 6.45) is 9.34. The smallest absolute Gasteiger partial charge is 0.203 e. The molecule has 1 saturated carbocycles. The Labute approximate surface area is 85.5 Å². The zero-order valence-electron chi connectivity index (χ0n) is 9.03. The predicted molar refractivity (Wildman–Crippen MR) is 58.5 cm³/mol. The maximum atomic E-state index is 4.35. The minimum absolute atomic E-state index is 0.456. The van der Waals surface area contributed by atoms with Gasteiger partial charge in [-0.05, 0) is 26.7 Å². The van der Waals surface area contributed by atoms with Crippen LogP contribution in [0.15, 0.2) is 12.4 Å². The Morgan fingerprint density at radius 3 is 2.79 bits per heavy atom. The van der Waals surface area contributed by atoms with Gasteiger partial charge in [-0.1, -0.05) is 12.8 Å². The molecule has 0 radical (unpaired) electrons. The fraction of sp³-hybridized carbons (Fsp3) is 0.727. The Morgan fingerprint density at radius 2 is 2.14 bits per heavy atom. The molecule has 1 fully saturated rings. The predicted octanol–water partition coefficient (Wildman–Crippen LogP) is 2.82. The third-order valence-electron chi connectivity index (χ3n) is 2.80. The number of imidazole rings is 1. The first-order chi connectivity index (χ1) is 6.77. The van der Waals surface area contributed by atoms with E-state index in [9.17, 15) is 0 Å². The molecule has 0 spiro atoms. The second kappa shape index (κ2) is 4.03. The molecule has 0 atom stereocenters. The van der Waals surface area contributed by atoms with E-state index in [0.717, 1.165) is 5.95 Å². The fourth-order valence-corrected chi connectivity index (χ4v) is 2.16. The van der Waals surface area contributed by atoms with E-state index in [2.05, 4.69) is 34.9 Å². The van der Waals surface area contributed by atoms with Crippen molar-refractivity contribution in [1.29, 1.82) is 0 Å². The SMILES string of the molecule is CC(C)Nc1nccn1C1CCCC1. The molecule has 3 heteroatoms. The largest absolute Gasteiger partial charge is 0.353 e. The number of hydrogen-bond acceptors (Lipinski definition) is 2. The van der Waals surface area contributed by atoms with Crippen LogP contribution in [0.4, 0.5) is 5.95 Å². The molecule has 0 bridgehead atoms. The van der Waals surface area contributed by atoms with Crippen molar-refractivity contribution in [2.45, 2.75) is 51.6 Å². The highest BCUT2D eigenvalue weighted by Gasteiger charge is 2.19. The summed E-state index contributed by atoms with van der Waals surface area (Å²) in [5, 5.41) is 3.38. The third-order valence-corrected chi connectivity index (χ3v) is 2.80. The van der Waals surface area contributed by atoms with E-state index in [1.807, 2.05) is 6.20 Å². The summed E-state index contributed by atoms with van der Waals surface area (Å²) in [5.41, 5.74) is 0. The fourth-order valence-electron chi connectivity index (χ4n) is 2.16. The lowest BCUT2D eigenvalue weighted by molar-refractivity contribution is 0.521. The molecule has 1 N–H and O–H groups in total. The number of nitrogens with zero attached hydrogens (tertiary/aromatic N) is 2. The standard InChI is InChI=1S/C11H19N3/c1-9(2)13-11-12-7-8-14(11)10-5-3-4-6-10/h7-10H,3-6H2,1-2H3,(H,12,13). The lowest BCUT2D eigenvalue weighted by atomic mass is 10.2. The minimum atomic E-state index is 0.456. The number of aromatic nitrogens is 2. The minimum Gasteiger partial charge on any atom is -0.353 e. The topological polar surface area (TPSA) is 29.9 Å². The maximum absolute atomic E-state index is 4.35. The maximum Gasteiger partial charge on any atom is 0.203 e. The van der Waals surface area contributed by atoms with Crippen molar-refractivity contribution in [3.8, 4) is 0 Å². The van der Waals surface area contributed by atoms with E-state index in [0.29, 0.717) is 12.1 Å². The Morgan fingerprint density at radius 1 is 1.43 bits per heavy atom. The molecule has 0 aliphatic heterocycles. The zero-order valence-corrected chi connectivity index (χ0v) is 9.03. The van der Waals surface area contributed by atoms with Crippen molar-refractivity contribution < 1.29 is 0 Å². The van der Waals surface area contributed by atoms with Crippen LogP contribution in [0.25, 0.3) is 0 Å².